The minimum absolute atomic E-state index is 0.211. The summed E-state index contributed by atoms with van der Waals surface area (Å²) < 4.78 is 0. The molecule has 15 heavy (non-hydrogen) atoms. The van der Waals surface area contributed by atoms with Crippen molar-refractivity contribution in [3.63, 3.8) is 0 Å². The van der Waals surface area contributed by atoms with E-state index in [0.717, 1.165) is 17.4 Å². The number of carboxylic acids is 1. The first-order chi connectivity index (χ1) is 7.22. The first-order valence-corrected chi connectivity index (χ1v) is 4.43. The van der Waals surface area contributed by atoms with Crippen molar-refractivity contribution in [2.75, 3.05) is 0 Å². The standard InChI is InChI=1S/C12H8O3/c13-7-10-4-2-8-1-3-9(12(14)15)5-6-11(8)10/h1-7H,(H,14,15). The molecule has 0 saturated carbocycles. The van der Waals surface area contributed by atoms with Gasteiger partial charge in [-0.15, -0.1) is 0 Å². The molecule has 0 amide bonds. The maximum Gasteiger partial charge on any atom is 0.335 e. The largest absolute Gasteiger partial charge is 0.478 e. The predicted octanol–water partition coefficient (Wildman–Crippen LogP) is 2.30. The number of hydrogen-bond acceptors (Lipinski definition) is 2. The quantitative estimate of drug-likeness (QED) is 0.757. The van der Waals surface area contributed by atoms with E-state index in [2.05, 4.69) is 0 Å². The first-order valence-electron chi connectivity index (χ1n) is 4.43. The van der Waals surface area contributed by atoms with Gasteiger partial charge >= 0.3 is 5.97 Å². The van der Waals surface area contributed by atoms with E-state index in [9.17, 15) is 9.59 Å². The predicted molar refractivity (Wildman–Crippen MR) is 55.4 cm³/mol. The number of hydrogen-bond donors (Lipinski definition) is 1. The normalized spacial score (nSPS) is 10.1. The Morgan fingerprint density at radius 2 is 1.73 bits per heavy atom. The zero-order chi connectivity index (χ0) is 10.8. The Hall–Kier alpha value is -2.16. The fraction of sp³-hybridized carbons (Fsp3) is 0. The average molecular weight is 200 g/mol. The van der Waals surface area contributed by atoms with Crippen LogP contribution in [0, 0.1) is 0 Å². The third-order valence-electron chi connectivity index (χ3n) is 2.31. The molecule has 2 aliphatic rings. The van der Waals surface area contributed by atoms with E-state index in [1.807, 2.05) is 0 Å². The van der Waals surface area contributed by atoms with Crippen LogP contribution < -0.4 is 0 Å². The molecule has 74 valence electrons. The second-order valence-corrected chi connectivity index (χ2v) is 3.20. The summed E-state index contributed by atoms with van der Waals surface area (Å²) in [5.74, 6) is -0.972. The van der Waals surface area contributed by atoms with Gasteiger partial charge in [-0.2, -0.15) is 0 Å². The number of carbonyl (C=O) groups is 2. The van der Waals surface area contributed by atoms with Gasteiger partial charge in [-0.05, 0) is 23.3 Å². The number of rotatable bonds is 2. The van der Waals surface area contributed by atoms with E-state index in [4.69, 9.17) is 5.11 Å². The molecule has 0 bridgehead atoms. The maximum absolute atomic E-state index is 10.7. The lowest BCUT2D eigenvalue weighted by Crippen LogP contribution is -1.92. The van der Waals surface area contributed by atoms with Gasteiger partial charge in [0.1, 0.15) is 0 Å². The van der Waals surface area contributed by atoms with Gasteiger partial charge < -0.3 is 5.11 Å². The van der Waals surface area contributed by atoms with Crippen molar-refractivity contribution in [1.29, 1.82) is 0 Å². The zero-order valence-corrected chi connectivity index (χ0v) is 7.81. The SMILES string of the molecule is O=Cc1ccc2ccc(C(=O)O)ccc1-2. The molecule has 3 nitrogen and oxygen atoms in total. The van der Waals surface area contributed by atoms with Crippen LogP contribution in [-0.2, 0) is 0 Å². The summed E-state index contributed by atoms with van der Waals surface area (Å²) in [6.45, 7) is 0. The first kappa shape index (κ1) is 9.40. The molecular weight excluding hydrogens is 192 g/mol. The molecule has 0 spiro atoms. The lowest BCUT2D eigenvalue weighted by molar-refractivity contribution is 0.0697. The third-order valence-corrected chi connectivity index (χ3v) is 2.31. The van der Waals surface area contributed by atoms with Crippen LogP contribution >= 0.6 is 0 Å². The Balaban J connectivity index is 2.64. The van der Waals surface area contributed by atoms with E-state index < -0.39 is 5.97 Å². The van der Waals surface area contributed by atoms with Crippen LogP contribution in [0.1, 0.15) is 20.7 Å². The van der Waals surface area contributed by atoms with Crippen molar-refractivity contribution < 1.29 is 14.7 Å². The summed E-state index contributed by atoms with van der Waals surface area (Å²) in [6, 6.07) is 9.90. The van der Waals surface area contributed by atoms with Gasteiger partial charge in [-0.25, -0.2) is 4.79 Å². The minimum Gasteiger partial charge on any atom is -0.478 e. The van der Waals surface area contributed by atoms with E-state index >= 15 is 0 Å². The molecule has 2 aliphatic carbocycles. The Kier molecular flexibility index (Phi) is 2.21. The summed E-state index contributed by atoms with van der Waals surface area (Å²) in [5.41, 5.74) is 2.43. The van der Waals surface area contributed by atoms with Gasteiger partial charge in [0, 0.05) is 5.56 Å². The molecule has 0 radical (unpaired) electrons. The molecule has 0 saturated heterocycles. The van der Waals surface area contributed by atoms with E-state index in [1.165, 1.54) is 12.1 Å². The maximum atomic E-state index is 10.7. The van der Waals surface area contributed by atoms with Crippen molar-refractivity contribution in [2.45, 2.75) is 0 Å². The molecule has 3 heteroatoms. The number of carbonyl (C=O) groups excluding carboxylic acids is 1. The average Bonchev–Trinajstić information content (AvgIpc) is 2.48. The molecule has 1 N–H and O–H groups in total. The molecular formula is C12H8O3. The smallest absolute Gasteiger partial charge is 0.335 e. The summed E-state index contributed by atoms with van der Waals surface area (Å²) >= 11 is 0. The summed E-state index contributed by atoms with van der Waals surface area (Å²) in [7, 11) is 0. The van der Waals surface area contributed by atoms with Crippen LogP contribution in [-0.4, -0.2) is 17.4 Å². The monoisotopic (exact) mass is 200 g/mol. The third kappa shape index (κ3) is 1.59. The lowest BCUT2D eigenvalue weighted by Gasteiger charge is -1.90. The van der Waals surface area contributed by atoms with Gasteiger partial charge in [0.25, 0.3) is 0 Å². The lowest BCUT2D eigenvalue weighted by atomic mass is 10.1. The Morgan fingerprint density at radius 1 is 1.07 bits per heavy atom. The Morgan fingerprint density at radius 3 is 2.40 bits per heavy atom. The molecule has 0 heterocycles. The topological polar surface area (TPSA) is 54.4 Å². The van der Waals surface area contributed by atoms with Crippen LogP contribution in [0.4, 0.5) is 0 Å². The van der Waals surface area contributed by atoms with Crippen molar-refractivity contribution in [1.82, 2.24) is 0 Å². The Labute approximate surface area is 86.3 Å². The van der Waals surface area contributed by atoms with E-state index in [0.29, 0.717) is 5.56 Å². The molecule has 0 atom stereocenters. The van der Waals surface area contributed by atoms with Crippen LogP contribution in [0.5, 0.6) is 0 Å². The second-order valence-electron chi connectivity index (χ2n) is 3.20. The number of aldehydes is 1. The second kappa shape index (κ2) is 3.53. The molecule has 0 unspecified atom stereocenters. The van der Waals surface area contributed by atoms with Crippen molar-refractivity contribution in [3.8, 4) is 11.1 Å². The number of carboxylic acid groups (broad SMARTS) is 1. The Bertz CT molecular complexity index is 502. The highest BCUT2D eigenvalue weighted by atomic mass is 16.4. The van der Waals surface area contributed by atoms with Gasteiger partial charge in [0.2, 0.25) is 0 Å². The summed E-state index contributed by atoms with van der Waals surface area (Å²) in [4.78, 5) is 21.4. The summed E-state index contributed by atoms with van der Waals surface area (Å²) in [6.07, 6.45) is 0.767. The van der Waals surface area contributed by atoms with Gasteiger partial charge in [0.05, 0.1) is 5.56 Å². The van der Waals surface area contributed by atoms with E-state index in [-0.39, 0.29) is 5.56 Å². The van der Waals surface area contributed by atoms with Crippen molar-refractivity contribution in [2.24, 2.45) is 0 Å². The van der Waals surface area contributed by atoms with Crippen LogP contribution in [0.15, 0.2) is 36.4 Å². The highest BCUT2D eigenvalue weighted by Gasteiger charge is 2.08. The highest BCUT2D eigenvalue weighted by molar-refractivity contribution is 5.92. The fourth-order valence-corrected chi connectivity index (χ4v) is 1.52. The minimum atomic E-state index is -0.972. The molecule has 0 aromatic rings. The van der Waals surface area contributed by atoms with Crippen LogP contribution in [0.2, 0.25) is 0 Å². The highest BCUT2D eigenvalue weighted by Crippen LogP contribution is 2.25. The van der Waals surface area contributed by atoms with E-state index in [1.54, 1.807) is 24.3 Å². The van der Waals surface area contributed by atoms with Crippen LogP contribution in [0.3, 0.4) is 0 Å². The summed E-state index contributed by atoms with van der Waals surface area (Å²) in [5, 5.41) is 8.80. The molecule has 2 rings (SSSR count). The van der Waals surface area contributed by atoms with Crippen molar-refractivity contribution in [3.05, 3.63) is 47.5 Å². The molecule has 0 aromatic heterocycles. The zero-order valence-electron chi connectivity index (χ0n) is 7.81. The van der Waals surface area contributed by atoms with Gasteiger partial charge in [0.15, 0.2) is 6.29 Å². The molecule has 0 fully saturated rings. The number of fused-ring (bicyclic) bond motifs is 1. The molecule has 0 aromatic carbocycles. The van der Waals surface area contributed by atoms with Gasteiger partial charge in [-0.1, -0.05) is 24.3 Å². The van der Waals surface area contributed by atoms with Crippen molar-refractivity contribution >= 4 is 12.3 Å². The molecule has 0 aliphatic heterocycles. The van der Waals surface area contributed by atoms with Crippen LogP contribution in [0.25, 0.3) is 11.1 Å². The van der Waals surface area contributed by atoms with Gasteiger partial charge in [-0.3, -0.25) is 4.79 Å². The fourth-order valence-electron chi connectivity index (χ4n) is 1.52. The number of aromatic carboxylic acids is 1.